The minimum Gasteiger partial charge on any atom is -0.508 e. The molecule has 4 amide bonds. The third-order valence-corrected chi connectivity index (χ3v) is 14.4. The van der Waals surface area contributed by atoms with Gasteiger partial charge in [0.1, 0.15) is 30.0 Å². The van der Waals surface area contributed by atoms with E-state index < -0.39 is 35.5 Å². The number of carbonyl (C=O) groups is 4. The van der Waals surface area contributed by atoms with E-state index in [0.29, 0.717) is 36.4 Å². The Hall–Kier alpha value is -5.59. The molecule has 0 radical (unpaired) electrons. The normalized spacial score (nSPS) is 25.8. The first-order chi connectivity index (χ1) is 29.7. The maximum atomic E-state index is 15.8. The van der Waals surface area contributed by atoms with Crippen molar-refractivity contribution in [3.63, 3.8) is 0 Å². The Kier molecular flexibility index (Phi) is 10.6. The number of likely N-dealkylation sites (tertiary alicyclic amines) is 1. The molecule has 6 heterocycles. The van der Waals surface area contributed by atoms with E-state index in [-0.39, 0.29) is 42.0 Å². The highest BCUT2D eigenvalue weighted by Gasteiger charge is 2.47. The minimum atomic E-state index is -1.08. The fourth-order valence-corrected chi connectivity index (χ4v) is 11.2. The number of fused-ring (bicyclic) bond motifs is 5. The van der Waals surface area contributed by atoms with Crippen LogP contribution in [0.15, 0.2) is 84.9 Å². The van der Waals surface area contributed by atoms with Gasteiger partial charge in [0, 0.05) is 50.6 Å². The number of anilines is 1. The van der Waals surface area contributed by atoms with Crippen molar-refractivity contribution in [3.05, 3.63) is 124 Å². The quantitative estimate of drug-likeness (QED) is 0.179. The zero-order chi connectivity index (χ0) is 41.8. The molecule has 11 nitrogen and oxygen atoms in total. The fraction of sp³-hybridized carbons (Fsp3) is 0.429. The highest BCUT2D eigenvalue weighted by molar-refractivity contribution is 6.23. The standard InChI is InChI=1S/C49H52FN5O6/c50-42-25-40-41(49(60)55(48(40)59)43-16-17-45(57)51-47(43)58)26-44(42)54-29-34-9-10-35(54)28-53(34)27-30-18-20-52(21-19-30)22-23-61-37-12-6-32(7-13-37)46-38(31-4-2-1-3-5-31)14-8-33-24-36(56)11-15-39(33)46/h1-7,11-13,15,24-26,30,34-35,38,43,46,56H,8-10,14,16-23,27-29H2,(H,51,57,58)/t34?,35?,38-,43?,46+/m1/s1. The summed E-state index contributed by atoms with van der Waals surface area (Å²) >= 11 is 0. The molecule has 316 valence electrons. The molecule has 5 atom stereocenters. The first-order valence-corrected chi connectivity index (χ1v) is 22.1. The molecule has 3 unspecified atom stereocenters. The maximum Gasteiger partial charge on any atom is 0.262 e. The van der Waals surface area contributed by atoms with Gasteiger partial charge in [-0.2, -0.15) is 0 Å². The number of hydrogen-bond donors (Lipinski definition) is 2. The minimum absolute atomic E-state index is 0.0315. The van der Waals surface area contributed by atoms with Gasteiger partial charge in [0.15, 0.2) is 0 Å². The number of piperazine rings is 1. The summed E-state index contributed by atoms with van der Waals surface area (Å²) in [4.78, 5) is 59.0. The highest BCUT2D eigenvalue weighted by atomic mass is 19.1. The number of carbonyl (C=O) groups excluding carboxylic acids is 4. The van der Waals surface area contributed by atoms with Crippen molar-refractivity contribution in [2.75, 3.05) is 50.8 Å². The number of phenolic OH excluding ortho intramolecular Hbond substituents is 1. The second-order valence-corrected chi connectivity index (χ2v) is 17.9. The van der Waals surface area contributed by atoms with Crippen LogP contribution in [-0.4, -0.2) is 107 Å². The molecule has 4 aromatic carbocycles. The largest absolute Gasteiger partial charge is 0.508 e. The second-order valence-electron chi connectivity index (χ2n) is 17.9. The van der Waals surface area contributed by atoms with Crippen LogP contribution in [0.5, 0.6) is 11.5 Å². The van der Waals surface area contributed by atoms with Gasteiger partial charge in [-0.3, -0.25) is 39.2 Å². The zero-order valence-corrected chi connectivity index (χ0v) is 34.3. The average Bonchev–Trinajstić information content (AvgIpc) is 3.51. The van der Waals surface area contributed by atoms with E-state index in [1.165, 1.54) is 28.3 Å². The van der Waals surface area contributed by atoms with Crippen molar-refractivity contribution in [1.82, 2.24) is 20.0 Å². The van der Waals surface area contributed by atoms with E-state index >= 15 is 4.39 Å². The van der Waals surface area contributed by atoms with Crippen LogP contribution in [-0.2, 0) is 16.0 Å². The lowest BCUT2D eigenvalue weighted by Crippen LogP contribution is -2.63. The third-order valence-electron chi connectivity index (χ3n) is 14.4. The molecule has 7 aliphatic rings. The monoisotopic (exact) mass is 825 g/mol. The SMILES string of the molecule is O=C1CCC(N2C(=O)c3cc(F)c(N4CC5CCC4CN5CC4CCN(CCOc5ccc([C@@H]6c7ccc(O)cc7CC[C@@H]6c6ccccc6)cc5)CC4)cc3C2=O)C(=O)N1. The van der Waals surface area contributed by atoms with Crippen molar-refractivity contribution in [1.29, 1.82) is 0 Å². The van der Waals surface area contributed by atoms with Gasteiger partial charge in [-0.15, -0.1) is 0 Å². The van der Waals surface area contributed by atoms with Crippen molar-refractivity contribution >= 4 is 29.3 Å². The molecule has 5 saturated heterocycles. The van der Waals surface area contributed by atoms with Crippen molar-refractivity contribution < 1.29 is 33.4 Å². The Morgan fingerprint density at radius 3 is 2.25 bits per heavy atom. The second kappa shape index (κ2) is 16.4. The lowest BCUT2D eigenvalue weighted by molar-refractivity contribution is -0.136. The van der Waals surface area contributed by atoms with E-state index in [0.717, 1.165) is 88.0 Å². The van der Waals surface area contributed by atoms with Crippen LogP contribution in [0, 0.1) is 11.7 Å². The summed E-state index contributed by atoms with van der Waals surface area (Å²) in [6, 6.07) is 27.2. The lowest BCUT2D eigenvalue weighted by Gasteiger charge is -2.53. The number of phenols is 1. The predicted molar refractivity (Wildman–Crippen MR) is 227 cm³/mol. The summed E-state index contributed by atoms with van der Waals surface area (Å²) in [6.07, 6.45) is 6.28. The van der Waals surface area contributed by atoms with Crippen LogP contribution < -0.4 is 15.0 Å². The smallest absolute Gasteiger partial charge is 0.262 e. The summed E-state index contributed by atoms with van der Waals surface area (Å²) in [5.74, 6) is -0.620. The van der Waals surface area contributed by atoms with Crippen molar-refractivity contribution in [2.24, 2.45) is 5.92 Å². The van der Waals surface area contributed by atoms with Crippen LogP contribution >= 0.6 is 0 Å². The number of aromatic hydroxyl groups is 1. The van der Waals surface area contributed by atoms with Crippen molar-refractivity contribution in [3.8, 4) is 11.5 Å². The first-order valence-electron chi connectivity index (χ1n) is 22.1. The molecule has 0 saturated carbocycles. The van der Waals surface area contributed by atoms with Gasteiger partial charge >= 0.3 is 0 Å². The molecule has 1 aliphatic carbocycles. The van der Waals surface area contributed by atoms with Gasteiger partial charge in [-0.1, -0.05) is 48.5 Å². The molecule has 0 spiro atoms. The number of halogens is 1. The fourth-order valence-electron chi connectivity index (χ4n) is 11.2. The van der Waals surface area contributed by atoms with Crippen LogP contribution in [0.4, 0.5) is 10.1 Å². The van der Waals surface area contributed by atoms with Gasteiger partial charge in [0.05, 0.1) is 16.8 Å². The number of ether oxygens (including phenoxy) is 1. The molecule has 6 aliphatic heterocycles. The number of hydrogen-bond acceptors (Lipinski definition) is 9. The summed E-state index contributed by atoms with van der Waals surface area (Å²) in [6.45, 7) is 6.06. The Bertz CT molecular complexity index is 2350. The Balaban J connectivity index is 0.708. The summed E-state index contributed by atoms with van der Waals surface area (Å²) in [5, 5.41) is 12.4. The average molecular weight is 826 g/mol. The summed E-state index contributed by atoms with van der Waals surface area (Å²) in [5.41, 5.74) is 5.53. The molecule has 12 heteroatoms. The van der Waals surface area contributed by atoms with Gasteiger partial charge in [0.25, 0.3) is 11.8 Å². The molecule has 5 fully saturated rings. The number of nitrogens with zero attached hydrogens (tertiary/aromatic N) is 4. The number of imide groups is 2. The summed E-state index contributed by atoms with van der Waals surface area (Å²) < 4.78 is 22.1. The molecular weight excluding hydrogens is 774 g/mol. The van der Waals surface area contributed by atoms with Crippen LogP contribution in [0.1, 0.15) is 99.8 Å². The van der Waals surface area contributed by atoms with Gasteiger partial charge in [-0.05, 0) is 129 Å². The van der Waals surface area contributed by atoms with E-state index in [9.17, 15) is 24.3 Å². The highest BCUT2D eigenvalue weighted by Crippen LogP contribution is 2.47. The topological polar surface area (TPSA) is 123 Å². The molecule has 61 heavy (non-hydrogen) atoms. The Labute approximate surface area is 355 Å². The lowest BCUT2D eigenvalue weighted by atomic mass is 9.69. The number of benzene rings is 4. The van der Waals surface area contributed by atoms with Crippen LogP contribution in [0.25, 0.3) is 0 Å². The molecule has 4 aromatic rings. The van der Waals surface area contributed by atoms with E-state index in [1.807, 2.05) is 12.1 Å². The van der Waals surface area contributed by atoms with E-state index in [4.69, 9.17) is 4.74 Å². The summed E-state index contributed by atoms with van der Waals surface area (Å²) in [7, 11) is 0. The van der Waals surface area contributed by atoms with Gasteiger partial charge in [-0.25, -0.2) is 4.39 Å². The molecule has 0 aromatic heterocycles. The number of amides is 4. The number of nitrogens with one attached hydrogen (secondary N) is 1. The van der Waals surface area contributed by atoms with Crippen molar-refractivity contribution in [2.45, 2.75) is 81.3 Å². The number of piperidine rings is 4. The number of aryl methyl sites for hydroxylation is 1. The molecule has 2 N–H and O–H groups in total. The Morgan fingerprint density at radius 2 is 1.51 bits per heavy atom. The van der Waals surface area contributed by atoms with E-state index in [2.05, 4.69) is 80.7 Å². The predicted octanol–water partition coefficient (Wildman–Crippen LogP) is 6.24. The van der Waals surface area contributed by atoms with Crippen LogP contribution in [0.2, 0.25) is 0 Å². The third kappa shape index (κ3) is 7.58. The van der Waals surface area contributed by atoms with Gasteiger partial charge < -0.3 is 14.7 Å². The van der Waals surface area contributed by atoms with E-state index in [1.54, 1.807) is 0 Å². The van der Waals surface area contributed by atoms with Crippen LogP contribution in [0.3, 0.4) is 0 Å². The number of rotatable bonds is 10. The van der Waals surface area contributed by atoms with Gasteiger partial charge in [0.2, 0.25) is 11.8 Å². The maximum absolute atomic E-state index is 15.8. The zero-order valence-electron chi connectivity index (χ0n) is 34.3. The molecule has 2 bridgehead atoms. The Morgan fingerprint density at radius 1 is 0.754 bits per heavy atom. The molecule has 11 rings (SSSR count). The molecular formula is C49H52FN5O6. The first kappa shape index (κ1) is 39.5.